The Bertz CT molecular complexity index is 983. The molecule has 4 aromatic rings. The molecule has 2 heterocycles. The highest BCUT2D eigenvalue weighted by Gasteiger charge is 2.15. The standard InChI is InChI=1S/C17H14N2O/c1-9-13-8-18-7-6-11(13)10(2)16-15(9)12-4-3-5-14(20)17(12)19-16/h3-8,19-20H,1-2H3. The number of pyridine rings is 1. The Kier molecular flexibility index (Phi) is 2.11. The van der Waals surface area contributed by atoms with Crippen LogP contribution in [0.1, 0.15) is 11.1 Å². The molecule has 0 aliphatic carbocycles. The molecule has 98 valence electrons. The topological polar surface area (TPSA) is 48.9 Å². The number of nitrogens with one attached hydrogen (secondary N) is 1. The Balaban J connectivity index is 2.39. The average Bonchev–Trinajstić information content (AvgIpc) is 2.86. The van der Waals surface area contributed by atoms with Crippen molar-refractivity contribution in [3.63, 3.8) is 0 Å². The van der Waals surface area contributed by atoms with Crippen LogP contribution in [-0.2, 0) is 0 Å². The van der Waals surface area contributed by atoms with Gasteiger partial charge in [0.25, 0.3) is 0 Å². The van der Waals surface area contributed by atoms with Crippen LogP contribution in [0.5, 0.6) is 5.75 Å². The summed E-state index contributed by atoms with van der Waals surface area (Å²) in [5, 5.41) is 14.7. The summed E-state index contributed by atoms with van der Waals surface area (Å²) in [6, 6.07) is 7.68. The maximum atomic E-state index is 10.0. The fourth-order valence-corrected chi connectivity index (χ4v) is 3.16. The fourth-order valence-electron chi connectivity index (χ4n) is 3.16. The van der Waals surface area contributed by atoms with Crippen LogP contribution in [0.15, 0.2) is 36.7 Å². The number of nitrogens with zero attached hydrogens (tertiary/aromatic N) is 1. The van der Waals surface area contributed by atoms with E-state index in [-0.39, 0.29) is 0 Å². The highest BCUT2D eigenvalue weighted by molar-refractivity contribution is 6.17. The predicted molar refractivity (Wildman–Crippen MR) is 82.2 cm³/mol. The first-order chi connectivity index (χ1) is 9.68. The van der Waals surface area contributed by atoms with Crippen molar-refractivity contribution < 1.29 is 5.11 Å². The van der Waals surface area contributed by atoms with Gasteiger partial charge in [-0.05, 0) is 42.5 Å². The lowest BCUT2D eigenvalue weighted by Crippen LogP contribution is -1.87. The second kappa shape index (κ2) is 3.73. The molecule has 2 N–H and O–H groups in total. The molecule has 0 aliphatic rings. The summed E-state index contributed by atoms with van der Waals surface area (Å²) in [5.74, 6) is 0.291. The number of aryl methyl sites for hydroxylation is 2. The predicted octanol–water partition coefficient (Wildman–Crippen LogP) is 4.19. The molecule has 0 spiro atoms. The van der Waals surface area contributed by atoms with E-state index in [2.05, 4.69) is 23.8 Å². The number of fused-ring (bicyclic) bond motifs is 4. The number of aromatic nitrogens is 2. The number of hydrogen-bond donors (Lipinski definition) is 2. The van der Waals surface area contributed by atoms with E-state index < -0.39 is 0 Å². The number of phenolic OH excluding ortho intramolecular Hbond substituents is 1. The van der Waals surface area contributed by atoms with Crippen molar-refractivity contribution in [2.24, 2.45) is 0 Å². The van der Waals surface area contributed by atoms with E-state index in [0.29, 0.717) is 5.75 Å². The van der Waals surface area contributed by atoms with Crippen molar-refractivity contribution in [1.82, 2.24) is 9.97 Å². The Hall–Kier alpha value is -2.55. The van der Waals surface area contributed by atoms with Gasteiger partial charge >= 0.3 is 0 Å². The molecule has 0 bridgehead atoms. The van der Waals surface area contributed by atoms with E-state index in [9.17, 15) is 5.11 Å². The average molecular weight is 262 g/mol. The van der Waals surface area contributed by atoms with Crippen LogP contribution in [0.25, 0.3) is 32.6 Å². The summed E-state index contributed by atoms with van der Waals surface area (Å²) in [7, 11) is 0. The van der Waals surface area contributed by atoms with Crippen LogP contribution in [0.2, 0.25) is 0 Å². The molecule has 0 saturated heterocycles. The Morgan fingerprint density at radius 3 is 2.65 bits per heavy atom. The minimum atomic E-state index is 0.291. The van der Waals surface area contributed by atoms with E-state index in [4.69, 9.17) is 0 Å². The third kappa shape index (κ3) is 1.27. The molecule has 0 atom stereocenters. The number of aromatic hydroxyl groups is 1. The van der Waals surface area contributed by atoms with Crippen molar-refractivity contribution in [3.8, 4) is 5.75 Å². The van der Waals surface area contributed by atoms with Gasteiger partial charge in [-0.1, -0.05) is 12.1 Å². The summed E-state index contributed by atoms with van der Waals surface area (Å²) in [6.45, 7) is 4.22. The van der Waals surface area contributed by atoms with Crippen molar-refractivity contribution in [1.29, 1.82) is 0 Å². The van der Waals surface area contributed by atoms with Gasteiger partial charge in [-0.2, -0.15) is 0 Å². The van der Waals surface area contributed by atoms with Crippen molar-refractivity contribution >= 4 is 32.6 Å². The number of hydrogen-bond acceptors (Lipinski definition) is 2. The molecule has 0 unspecified atom stereocenters. The number of phenols is 1. The molecular formula is C17H14N2O. The Labute approximate surface area is 115 Å². The quantitative estimate of drug-likeness (QED) is 0.499. The van der Waals surface area contributed by atoms with Gasteiger partial charge in [0.05, 0.1) is 11.0 Å². The van der Waals surface area contributed by atoms with Crippen LogP contribution >= 0.6 is 0 Å². The van der Waals surface area contributed by atoms with Crippen LogP contribution in [0, 0.1) is 13.8 Å². The summed E-state index contributed by atoms with van der Waals surface area (Å²) >= 11 is 0. The van der Waals surface area contributed by atoms with Gasteiger partial charge < -0.3 is 10.1 Å². The van der Waals surface area contributed by atoms with E-state index in [1.165, 1.54) is 27.3 Å². The summed E-state index contributed by atoms with van der Waals surface area (Å²) < 4.78 is 0. The van der Waals surface area contributed by atoms with Gasteiger partial charge in [-0.15, -0.1) is 0 Å². The van der Waals surface area contributed by atoms with Gasteiger partial charge in [-0.3, -0.25) is 4.98 Å². The molecule has 0 saturated carbocycles. The summed E-state index contributed by atoms with van der Waals surface area (Å²) in [6.07, 6.45) is 3.74. The third-order valence-corrected chi connectivity index (χ3v) is 4.19. The maximum Gasteiger partial charge on any atom is 0.139 e. The molecular weight excluding hydrogens is 248 g/mol. The van der Waals surface area contributed by atoms with E-state index in [1.807, 2.05) is 30.6 Å². The molecule has 2 aromatic heterocycles. The smallest absolute Gasteiger partial charge is 0.139 e. The highest BCUT2D eigenvalue weighted by atomic mass is 16.3. The van der Waals surface area contributed by atoms with E-state index >= 15 is 0 Å². The molecule has 0 fully saturated rings. The highest BCUT2D eigenvalue weighted by Crippen LogP contribution is 2.38. The Morgan fingerprint density at radius 1 is 0.950 bits per heavy atom. The SMILES string of the molecule is Cc1c2ccncc2c(C)c2c1[nH]c1c(O)cccc12. The van der Waals surface area contributed by atoms with Crippen molar-refractivity contribution in [2.75, 3.05) is 0 Å². The first-order valence-electron chi connectivity index (χ1n) is 6.64. The molecule has 0 radical (unpaired) electrons. The molecule has 3 heteroatoms. The van der Waals surface area contributed by atoms with E-state index in [1.54, 1.807) is 6.07 Å². The zero-order valence-electron chi connectivity index (χ0n) is 11.4. The van der Waals surface area contributed by atoms with Crippen molar-refractivity contribution in [3.05, 3.63) is 47.8 Å². The number of para-hydroxylation sites is 1. The lowest BCUT2D eigenvalue weighted by atomic mass is 9.97. The zero-order chi connectivity index (χ0) is 13.9. The largest absolute Gasteiger partial charge is 0.506 e. The normalized spacial score (nSPS) is 11.7. The molecule has 0 amide bonds. The number of rotatable bonds is 0. The third-order valence-electron chi connectivity index (χ3n) is 4.19. The van der Waals surface area contributed by atoms with Gasteiger partial charge in [0.15, 0.2) is 0 Å². The minimum Gasteiger partial charge on any atom is -0.506 e. The van der Waals surface area contributed by atoms with Crippen molar-refractivity contribution in [2.45, 2.75) is 13.8 Å². The van der Waals surface area contributed by atoms with Gasteiger partial charge in [0.2, 0.25) is 0 Å². The number of aromatic amines is 1. The van der Waals surface area contributed by atoms with Crippen LogP contribution in [0.3, 0.4) is 0 Å². The monoisotopic (exact) mass is 262 g/mol. The molecule has 4 rings (SSSR count). The lowest BCUT2D eigenvalue weighted by molar-refractivity contribution is 0.480. The minimum absolute atomic E-state index is 0.291. The molecule has 2 aromatic carbocycles. The second-order valence-corrected chi connectivity index (χ2v) is 5.25. The molecule has 3 nitrogen and oxygen atoms in total. The Morgan fingerprint density at radius 2 is 1.80 bits per heavy atom. The first kappa shape index (κ1) is 11.3. The maximum absolute atomic E-state index is 10.0. The van der Waals surface area contributed by atoms with Gasteiger partial charge in [0.1, 0.15) is 5.75 Å². The second-order valence-electron chi connectivity index (χ2n) is 5.25. The van der Waals surface area contributed by atoms with Gasteiger partial charge in [0, 0.05) is 28.6 Å². The number of benzene rings is 2. The van der Waals surface area contributed by atoms with Gasteiger partial charge in [-0.25, -0.2) is 0 Å². The van der Waals surface area contributed by atoms with Crippen LogP contribution in [0.4, 0.5) is 0 Å². The number of H-pyrrole nitrogens is 1. The molecule has 20 heavy (non-hydrogen) atoms. The lowest BCUT2D eigenvalue weighted by Gasteiger charge is -2.08. The summed E-state index contributed by atoms with van der Waals surface area (Å²) in [5.41, 5.74) is 4.29. The molecule has 0 aliphatic heterocycles. The van der Waals surface area contributed by atoms with E-state index in [0.717, 1.165) is 16.4 Å². The summed E-state index contributed by atoms with van der Waals surface area (Å²) in [4.78, 5) is 7.62. The first-order valence-corrected chi connectivity index (χ1v) is 6.64. The van der Waals surface area contributed by atoms with Crippen LogP contribution in [-0.4, -0.2) is 15.1 Å². The zero-order valence-corrected chi connectivity index (χ0v) is 11.4. The van der Waals surface area contributed by atoms with Crippen LogP contribution < -0.4 is 0 Å². The fraction of sp³-hybridized carbons (Fsp3) is 0.118.